The molecule has 2 heterocycles. The quantitative estimate of drug-likeness (QED) is 0.609. The molecule has 0 bridgehead atoms. The van der Waals surface area contributed by atoms with Crippen molar-refractivity contribution in [2.45, 2.75) is 19.6 Å². The van der Waals surface area contributed by atoms with E-state index in [2.05, 4.69) is 15.6 Å². The highest BCUT2D eigenvalue weighted by Gasteiger charge is 2.13. The molecule has 0 unspecified atom stereocenters. The number of aromatic nitrogens is 2. The maximum absolute atomic E-state index is 10.3. The van der Waals surface area contributed by atoms with Crippen LogP contribution in [0.15, 0.2) is 6.20 Å². The van der Waals surface area contributed by atoms with E-state index in [0.29, 0.717) is 0 Å². The van der Waals surface area contributed by atoms with Gasteiger partial charge in [-0.15, -0.1) is 0 Å². The lowest BCUT2D eigenvalue weighted by Crippen LogP contribution is -2.30. The number of imidazole rings is 1. The van der Waals surface area contributed by atoms with Crippen LogP contribution in [0, 0.1) is 0 Å². The first-order valence-electron chi connectivity index (χ1n) is 4.48. The van der Waals surface area contributed by atoms with Gasteiger partial charge in [0, 0.05) is 25.8 Å². The molecule has 0 aliphatic carbocycles. The molecule has 1 aromatic rings. The Labute approximate surface area is 80.9 Å². The molecule has 6 heteroatoms. The number of nitrogens with one attached hydrogen (secondary N) is 2. The van der Waals surface area contributed by atoms with Crippen LogP contribution < -0.4 is 10.6 Å². The molecule has 3 N–H and O–H groups in total. The molecule has 0 atom stereocenters. The minimum absolute atomic E-state index is 0.273. The molecule has 0 fully saturated rings. The van der Waals surface area contributed by atoms with Crippen molar-refractivity contribution in [3.05, 3.63) is 17.7 Å². The largest absolute Gasteiger partial charge is 0.465 e. The fourth-order valence-electron chi connectivity index (χ4n) is 1.57. The number of hydrogen-bond acceptors (Lipinski definition) is 3. The first-order valence-corrected chi connectivity index (χ1v) is 4.48. The molecule has 14 heavy (non-hydrogen) atoms. The third-order valence-corrected chi connectivity index (χ3v) is 2.24. The van der Waals surface area contributed by atoms with Gasteiger partial charge in [0.1, 0.15) is 5.82 Å². The first kappa shape index (κ1) is 9.01. The van der Waals surface area contributed by atoms with Crippen LogP contribution in [0.4, 0.5) is 4.79 Å². The van der Waals surface area contributed by atoms with Crippen molar-refractivity contribution >= 4 is 6.09 Å². The Morgan fingerprint density at radius 3 is 3.43 bits per heavy atom. The minimum Gasteiger partial charge on any atom is -0.465 e. The number of rotatable bonds is 2. The molecule has 1 aromatic heterocycles. The smallest absolute Gasteiger partial charge is 0.405 e. The highest BCUT2D eigenvalue weighted by Crippen LogP contribution is 2.08. The van der Waals surface area contributed by atoms with Crippen LogP contribution in [-0.2, 0) is 19.6 Å². The van der Waals surface area contributed by atoms with E-state index in [1.807, 2.05) is 4.57 Å². The number of fused-ring (bicyclic) bond motifs is 1. The van der Waals surface area contributed by atoms with E-state index in [1.54, 1.807) is 6.20 Å². The molecular weight excluding hydrogens is 184 g/mol. The third kappa shape index (κ3) is 1.69. The number of amides is 1. The lowest BCUT2D eigenvalue weighted by Gasteiger charge is -2.17. The number of carboxylic acid groups (broad SMARTS) is 1. The summed E-state index contributed by atoms with van der Waals surface area (Å²) in [5.41, 5.74) is 1.11. The summed E-state index contributed by atoms with van der Waals surface area (Å²) in [5.74, 6) is 0.781. The van der Waals surface area contributed by atoms with Crippen LogP contribution >= 0.6 is 0 Å². The van der Waals surface area contributed by atoms with Gasteiger partial charge in [0.2, 0.25) is 0 Å². The van der Waals surface area contributed by atoms with Crippen molar-refractivity contribution < 1.29 is 9.90 Å². The molecule has 1 amide bonds. The molecule has 0 radical (unpaired) electrons. The second-order valence-electron chi connectivity index (χ2n) is 3.15. The average molecular weight is 196 g/mol. The van der Waals surface area contributed by atoms with Crippen LogP contribution in [0.25, 0.3) is 0 Å². The van der Waals surface area contributed by atoms with Crippen LogP contribution in [0.5, 0.6) is 0 Å². The van der Waals surface area contributed by atoms with Crippen LogP contribution in [0.3, 0.4) is 0 Å². The van der Waals surface area contributed by atoms with Gasteiger partial charge >= 0.3 is 6.09 Å². The zero-order valence-corrected chi connectivity index (χ0v) is 7.66. The summed E-state index contributed by atoms with van der Waals surface area (Å²) < 4.78 is 2.05. The van der Waals surface area contributed by atoms with Gasteiger partial charge in [-0.1, -0.05) is 0 Å². The molecule has 1 aliphatic heterocycles. The second-order valence-corrected chi connectivity index (χ2v) is 3.15. The molecule has 0 saturated carbocycles. The summed E-state index contributed by atoms with van der Waals surface area (Å²) in [6.07, 6.45) is 0.765. The Bertz CT molecular complexity index is 347. The van der Waals surface area contributed by atoms with Gasteiger partial charge in [0.05, 0.1) is 12.2 Å². The normalized spacial score (nSPS) is 14.9. The minimum atomic E-state index is -1.02. The standard InChI is InChI=1S/C8H12N4O2/c13-8(14)11-5-7-10-4-6-3-9-1-2-12(6)7/h4,9,11H,1-3,5H2,(H,13,14). The monoisotopic (exact) mass is 196 g/mol. The number of carbonyl (C=O) groups is 1. The van der Waals surface area contributed by atoms with Crippen molar-refractivity contribution in [2.75, 3.05) is 6.54 Å². The molecule has 0 spiro atoms. The van der Waals surface area contributed by atoms with Crippen LogP contribution in [0.1, 0.15) is 11.5 Å². The number of hydrogen-bond donors (Lipinski definition) is 3. The van der Waals surface area contributed by atoms with Crippen molar-refractivity contribution in [1.82, 2.24) is 20.2 Å². The summed E-state index contributed by atoms with van der Waals surface area (Å²) in [6.45, 7) is 2.84. The van der Waals surface area contributed by atoms with E-state index in [9.17, 15) is 4.79 Å². The van der Waals surface area contributed by atoms with E-state index in [1.165, 1.54) is 0 Å². The zero-order chi connectivity index (χ0) is 9.97. The first-order chi connectivity index (χ1) is 6.77. The third-order valence-electron chi connectivity index (χ3n) is 2.24. The van der Waals surface area contributed by atoms with Gasteiger partial charge in [-0.05, 0) is 0 Å². The summed E-state index contributed by atoms with van der Waals surface area (Å²) in [4.78, 5) is 14.5. The lowest BCUT2D eigenvalue weighted by atomic mass is 10.3. The zero-order valence-electron chi connectivity index (χ0n) is 7.66. The molecule has 0 saturated heterocycles. The Hall–Kier alpha value is -1.56. The highest BCUT2D eigenvalue weighted by molar-refractivity contribution is 5.64. The van der Waals surface area contributed by atoms with E-state index < -0.39 is 6.09 Å². The molecule has 0 aromatic carbocycles. The molecule has 76 valence electrons. The van der Waals surface area contributed by atoms with Gasteiger partial charge < -0.3 is 20.3 Å². The van der Waals surface area contributed by atoms with Gasteiger partial charge in [0.25, 0.3) is 0 Å². The average Bonchev–Trinajstić information content (AvgIpc) is 2.58. The Balaban J connectivity index is 2.10. The molecule has 1 aliphatic rings. The maximum Gasteiger partial charge on any atom is 0.405 e. The predicted molar refractivity (Wildman–Crippen MR) is 48.8 cm³/mol. The topological polar surface area (TPSA) is 79.2 Å². The Morgan fingerprint density at radius 1 is 1.79 bits per heavy atom. The van der Waals surface area contributed by atoms with Gasteiger partial charge in [-0.3, -0.25) is 0 Å². The Morgan fingerprint density at radius 2 is 2.64 bits per heavy atom. The van der Waals surface area contributed by atoms with Crippen LogP contribution in [-0.4, -0.2) is 27.3 Å². The van der Waals surface area contributed by atoms with Gasteiger partial charge in [-0.2, -0.15) is 0 Å². The van der Waals surface area contributed by atoms with Crippen molar-refractivity contribution in [3.63, 3.8) is 0 Å². The van der Waals surface area contributed by atoms with E-state index in [-0.39, 0.29) is 6.54 Å². The molecule has 6 nitrogen and oxygen atoms in total. The lowest BCUT2D eigenvalue weighted by molar-refractivity contribution is 0.193. The summed E-state index contributed by atoms with van der Waals surface area (Å²) >= 11 is 0. The Kier molecular flexibility index (Phi) is 2.36. The van der Waals surface area contributed by atoms with E-state index >= 15 is 0 Å². The maximum atomic E-state index is 10.3. The van der Waals surface area contributed by atoms with E-state index in [4.69, 9.17) is 5.11 Å². The predicted octanol–water partition coefficient (Wildman–Crippen LogP) is -0.246. The van der Waals surface area contributed by atoms with Crippen molar-refractivity contribution in [2.24, 2.45) is 0 Å². The van der Waals surface area contributed by atoms with Crippen molar-refractivity contribution in [3.8, 4) is 0 Å². The summed E-state index contributed by atoms with van der Waals surface area (Å²) in [7, 11) is 0. The fraction of sp³-hybridized carbons (Fsp3) is 0.500. The van der Waals surface area contributed by atoms with Gasteiger partial charge in [-0.25, -0.2) is 9.78 Å². The molecular formula is C8H12N4O2. The molecule has 2 rings (SSSR count). The highest BCUT2D eigenvalue weighted by atomic mass is 16.4. The summed E-state index contributed by atoms with van der Waals surface area (Å²) in [6, 6.07) is 0. The summed E-state index contributed by atoms with van der Waals surface area (Å²) in [5, 5.41) is 14.0. The SMILES string of the molecule is O=C(O)NCc1ncc2n1CCNC2. The number of nitrogens with zero attached hydrogens (tertiary/aromatic N) is 2. The van der Waals surface area contributed by atoms with Crippen LogP contribution in [0.2, 0.25) is 0 Å². The van der Waals surface area contributed by atoms with E-state index in [0.717, 1.165) is 31.2 Å². The fourth-order valence-corrected chi connectivity index (χ4v) is 1.57. The second kappa shape index (κ2) is 3.67. The van der Waals surface area contributed by atoms with Gasteiger partial charge in [0.15, 0.2) is 0 Å². The van der Waals surface area contributed by atoms with Crippen molar-refractivity contribution in [1.29, 1.82) is 0 Å².